The van der Waals surface area contributed by atoms with Gasteiger partial charge in [0.05, 0.1) is 0 Å². The molecular formula is C34H42N4. The van der Waals surface area contributed by atoms with Gasteiger partial charge in [0.2, 0.25) is 0 Å². The zero-order chi connectivity index (χ0) is 26.1. The number of rotatable bonds is 17. The Labute approximate surface area is 229 Å². The fraction of sp³-hybridized carbons (Fsp3) is 0.294. The van der Waals surface area contributed by atoms with Crippen LogP contribution in [0.2, 0.25) is 0 Å². The smallest absolute Gasteiger partial charge is 0.0237 e. The molecular weight excluding hydrogens is 464 g/mol. The van der Waals surface area contributed by atoms with Gasteiger partial charge < -0.3 is 10.6 Å². The van der Waals surface area contributed by atoms with Crippen LogP contribution in [0, 0.1) is 0 Å². The lowest BCUT2D eigenvalue weighted by atomic mass is 10.1. The Balaban J connectivity index is 1.16. The maximum Gasteiger partial charge on any atom is 0.0237 e. The summed E-state index contributed by atoms with van der Waals surface area (Å²) in [4.78, 5) is 5.05. The van der Waals surface area contributed by atoms with E-state index < -0.39 is 0 Å². The largest absolute Gasteiger partial charge is 0.314 e. The maximum absolute atomic E-state index is 3.64. The zero-order valence-electron chi connectivity index (χ0n) is 22.5. The molecule has 4 nitrogen and oxygen atoms in total. The van der Waals surface area contributed by atoms with Crippen molar-refractivity contribution in [1.82, 2.24) is 20.4 Å². The lowest BCUT2D eigenvalue weighted by Gasteiger charge is -2.23. The minimum absolute atomic E-state index is 0.967. The summed E-state index contributed by atoms with van der Waals surface area (Å²) in [6.45, 7) is 9.82. The highest BCUT2D eigenvalue weighted by Gasteiger charge is 2.08. The lowest BCUT2D eigenvalue weighted by Crippen LogP contribution is -2.37. The Morgan fingerprint density at radius 3 is 0.868 bits per heavy atom. The molecule has 0 saturated carbocycles. The lowest BCUT2D eigenvalue weighted by molar-refractivity contribution is 0.253. The average Bonchev–Trinajstić information content (AvgIpc) is 2.96. The SMILES string of the molecule is c1ccc(CN(CCNCCNCCN(Cc2ccccc2)Cc2ccccc2)Cc2ccccc2)cc1. The van der Waals surface area contributed by atoms with Gasteiger partial charge in [-0.25, -0.2) is 0 Å². The Hall–Kier alpha value is -3.28. The molecule has 0 saturated heterocycles. The Morgan fingerprint density at radius 2 is 0.605 bits per heavy atom. The second-order valence-electron chi connectivity index (χ2n) is 9.86. The first kappa shape index (κ1) is 27.7. The van der Waals surface area contributed by atoms with Crippen molar-refractivity contribution in [3.05, 3.63) is 144 Å². The fourth-order valence-electron chi connectivity index (χ4n) is 4.70. The molecule has 4 aromatic rings. The molecule has 0 aliphatic carbocycles. The van der Waals surface area contributed by atoms with E-state index in [0.717, 1.165) is 65.4 Å². The van der Waals surface area contributed by atoms with Gasteiger partial charge in [0, 0.05) is 65.4 Å². The summed E-state index contributed by atoms with van der Waals surface area (Å²) < 4.78 is 0. The molecule has 0 bridgehead atoms. The van der Waals surface area contributed by atoms with Crippen molar-refractivity contribution >= 4 is 0 Å². The topological polar surface area (TPSA) is 30.5 Å². The summed E-state index contributed by atoms with van der Waals surface area (Å²) in [6, 6.07) is 43.1. The molecule has 2 N–H and O–H groups in total. The summed E-state index contributed by atoms with van der Waals surface area (Å²) in [6.07, 6.45) is 0. The van der Waals surface area contributed by atoms with Crippen LogP contribution in [0.25, 0.3) is 0 Å². The molecule has 0 aromatic heterocycles. The van der Waals surface area contributed by atoms with Gasteiger partial charge in [0.15, 0.2) is 0 Å². The van der Waals surface area contributed by atoms with E-state index >= 15 is 0 Å². The van der Waals surface area contributed by atoms with Crippen molar-refractivity contribution in [2.75, 3.05) is 39.3 Å². The van der Waals surface area contributed by atoms with Crippen molar-refractivity contribution in [2.24, 2.45) is 0 Å². The third-order valence-corrected chi connectivity index (χ3v) is 6.68. The third-order valence-electron chi connectivity index (χ3n) is 6.68. The highest BCUT2D eigenvalue weighted by atomic mass is 15.1. The minimum Gasteiger partial charge on any atom is -0.314 e. The van der Waals surface area contributed by atoms with E-state index in [1.54, 1.807) is 0 Å². The molecule has 38 heavy (non-hydrogen) atoms. The molecule has 4 heteroatoms. The Bertz CT molecular complexity index is 944. The molecule has 0 aliphatic heterocycles. The van der Waals surface area contributed by atoms with Gasteiger partial charge >= 0.3 is 0 Å². The molecule has 0 amide bonds. The van der Waals surface area contributed by atoms with Gasteiger partial charge in [-0.15, -0.1) is 0 Å². The predicted molar refractivity (Wildman–Crippen MR) is 160 cm³/mol. The summed E-state index contributed by atoms with van der Waals surface area (Å²) in [5, 5.41) is 7.27. The first-order valence-electron chi connectivity index (χ1n) is 13.9. The standard InChI is InChI=1S/C34H42N4/c1-5-13-31(14-6-1)27-37(28-32-15-7-2-8-16-32)25-23-35-21-22-36-24-26-38(29-33-17-9-3-10-18-33)30-34-19-11-4-12-20-34/h1-20,35-36H,21-30H2. The molecule has 0 aliphatic rings. The number of hydrogen-bond donors (Lipinski definition) is 2. The van der Waals surface area contributed by atoms with E-state index in [4.69, 9.17) is 0 Å². The van der Waals surface area contributed by atoms with Gasteiger partial charge in [-0.1, -0.05) is 121 Å². The van der Waals surface area contributed by atoms with Crippen molar-refractivity contribution < 1.29 is 0 Å². The van der Waals surface area contributed by atoms with Crippen molar-refractivity contribution in [3.63, 3.8) is 0 Å². The number of benzene rings is 4. The molecule has 0 unspecified atom stereocenters. The van der Waals surface area contributed by atoms with Crippen LogP contribution in [0.3, 0.4) is 0 Å². The number of nitrogens with zero attached hydrogens (tertiary/aromatic N) is 2. The summed E-state index contributed by atoms with van der Waals surface area (Å²) in [5.74, 6) is 0. The van der Waals surface area contributed by atoms with E-state index in [1.807, 2.05) is 0 Å². The first-order valence-corrected chi connectivity index (χ1v) is 13.9. The Morgan fingerprint density at radius 1 is 0.342 bits per heavy atom. The van der Waals surface area contributed by atoms with E-state index in [-0.39, 0.29) is 0 Å². The van der Waals surface area contributed by atoms with Crippen molar-refractivity contribution in [1.29, 1.82) is 0 Å². The van der Waals surface area contributed by atoms with Crippen molar-refractivity contribution in [3.8, 4) is 0 Å². The summed E-state index contributed by atoms with van der Waals surface area (Å²) in [5.41, 5.74) is 5.45. The molecule has 0 heterocycles. The highest BCUT2D eigenvalue weighted by Crippen LogP contribution is 2.11. The van der Waals surface area contributed by atoms with E-state index in [1.165, 1.54) is 22.3 Å². The highest BCUT2D eigenvalue weighted by molar-refractivity contribution is 5.18. The van der Waals surface area contributed by atoms with Gasteiger partial charge in [0.25, 0.3) is 0 Å². The monoisotopic (exact) mass is 506 g/mol. The van der Waals surface area contributed by atoms with Crippen LogP contribution in [0.15, 0.2) is 121 Å². The molecule has 198 valence electrons. The molecule has 0 atom stereocenters. The quantitative estimate of drug-likeness (QED) is 0.183. The zero-order valence-corrected chi connectivity index (χ0v) is 22.5. The molecule has 0 spiro atoms. The first-order chi connectivity index (χ1) is 18.8. The van der Waals surface area contributed by atoms with E-state index in [2.05, 4.69) is 142 Å². The van der Waals surface area contributed by atoms with Crippen LogP contribution in [-0.2, 0) is 26.2 Å². The van der Waals surface area contributed by atoms with Gasteiger partial charge in [-0.2, -0.15) is 0 Å². The van der Waals surface area contributed by atoms with E-state index in [9.17, 15) is 0 Å². The second-order valence-corrected chi connectivity index (χ2v) is 9.86. The summed E-state index contributed by atoms with van der Waals surface area (Å²) >= 11 is 0. The second kappa shape index (κ2) is 16.5. The van der Waals surface area contributed by atoms with Crippen LogP contribution in [0.5, 0.6) is 0 Å². The van der Waals surface area contributed by atoms with Crippen LogP contribution < -0.4 is 10.6 Å². The molecule has 0 radical (unpaired) electrons. The van der Waals surface area contributed by atoms with Crippen LogP contribution in [0.4, 0.5) is 0 Å². The van der Waals surface area contributed by atoms with Gasteiger partial charge in [-0.3, -0.25) is 9.80 Å². The average molecular weight is 507 g/mol. The van der Waals surface area contributed by atoms with Gasteiger partial charge in [0.1, 0.15) is 0 Å². The predicted octanol–water partition coefficient (Wildman–Crippen LogP) is 5.57. The minimum atomic E-state index is 0.967. The molecule has 0 fully saturated rings. The Kier molecular flexibility index (Phi) is 12.1. The number of nitrogens with one attached hydrogen (secondary N) is 2. The van der Waals surface area contributed by atoms with Crippen molar-refractivity contribution in [2.45, 2.75) is 26.2 Å². The molecule has 4 rings (SSSR count). The molecule has 4 aromatic carbocycles. The van der Waals surface area contributed by atoms with E-state index in [0.29, 0.717) is 0 Å². The van der Waals surface area contributed by atoms with Crippen LogP contribution >= 0.6 is 0 Å². The fourth-order valence-corrected chi connectivity index (χ4v) is 4.70. The van der Waals surface area contributed by atoms with Crippen LogP contribution in [-0.4, -0.2) is 49.1 Å². The number of hydrogen-bond acceptors (Lipinski definition) is 4. The van der Waals surface area contributed by atoms with Crippen LogP contribution in [0.1, 0.15) is 22.3 Å². The maximum atomic E-state index is 3.64. The third kappa shape index (κ3) is 10.6. The summed E-state index contributed by atoms with van der Waals surface area (Å²) in [7, 11) is 0. The normalized spacial score (nSPS) is 11.3. The van der Waals surface area contributed by atoms with Gasteiger partial charge in [-0.05, 0) is 22.3 Å².